The number of carbonyl (C=O) groups is 3. The molecule has 11 heteroatoms. The van der Waals surface area contributed by atoms with Crippen molar-refractivity contribution in [2.45, 2.75) is 25.4 Å². The van der Waals surface area contributed by atoms with Crippen molar-refractivity contribution in [1.29, 1.82) is 0 Å². The predicted molar refractivity (Wildman–Crippen MR) is 110 cm³/mol. The highest BCUT2D eigenvalue weighted by Crippen LogP contribution is 2.14. The molecule has 1 saturated heterocycles. The molecule has 10 nitrogen and oxygen atoms in total. The van der Waals surface area contributed by atoms with Gasteiger partial charge in [-0.25, -0.2) is 9.59 Å². The van der Waals surface area contributed by atoms with E-state index in [2.05, 4.69) is 19.7 Å². The molecule has 166 valence electrons. The molecule has 0 aromatic carbocycles. The number of esters is 3. The van der Waals surface area contributed by atoms with Gasteiger partial charge in [-0.1, -0.05) is 0 Å². The van der Waals surface area contributed by atoms with Crippen molar-refractivity contribution in [3.05, 3.63) is 23.7 Å². The molecule has 30 heavy (non-hydrogen) atoms. The van der Waals surface area contributed by atoms with Gasteiger partial charge in [0.15, 0.2) is 5.11 Å². The van der Waals surface area contributed by atoms with E-state index in [4.69, 9.17) is 21.4 Å². The Bertz CT molecular complexity index is 767. The van der Waals surface area contributed by atoms with Crippen molar-refractivity contribution in [2.24, 2.45) is 0 Å². The lowest BCUT2D eigenvalue weighted by atomic mass is 10.2. The van der Waals surface area contributed by atoms with Crippen LogP contribution in [0.25, 0.3) is 0 Å². The fourth-order valence-electron chi connectivity index (χ4n) is 3.05. The van der Waals surface area contributed by atoms with Crippen LogP contribution in [0.1, 0.15) is 29.2 Å². The minimum Gasteiger partial charge on any atom is -0.469 e. The summed E-state index contributed by atoms with van der Waals surface area (Å²) < 4.78 is 19.6. The third-order valence-corrected chi connectivity index (χ3v) is 5.06. The van der Waals surface area contributed by atoms with Crippen molar-refractivity contribution in [3.63, 3.8) is 0 Å². The molecule has 1 aromatic heterocycles. The summed E-state index contributed by atoms with van der Waals surface area (Å²) in [4.78, 5) is 39.2. The monoisotopic (exact) mass is 441 g/mol. The Morgan fingerprint density at radius 1 is 1.10 bits per heavy atom. The number of hydrogen-bond acceptors (Lipinski definition) is 9. The van der Waals surface area contributed by atoms with E-state index in [1.165, 1.54) is 21.3 Å². The van der Waals surface area contributed by atoms with Crippen LogP contribution >= 0.6 is 12.2 Å². The molecule has 1 aliphatic heterocycles. The first-order chi connectivity index (χ1) is 14.4. The maximum absolute atomic E-state index is 12.0. The summed E-state index contributed by atoms with van der Waals surface area (Å²) in [5, 5.41) is 3.29. The van der Waals surface area contributed by atoms with Crippen LogP contribution in [-0.2, 0) is 30.3 Å². The van der Waals surface area contributed by atoms with E-state index >= 15 is 0 Å². The molecule has 0 spiro atoms. The third-order valence-electron chi connectivity index (χ3n) is 4.69. The van der Waals surface area contributed by atoms with E-state index < -0.39 is 23.9 Å². The number of thiocarbonyl (C=S) groups is 1. The van der Waals surface area contributed by atoms with Gasteiger partial charge in [-0.3, -0.25) is 9.69 Å². The Balaban J connectivity index is 1.90. The van der Waals surface area contributed by atoms with Crippen molar-refractivity contribution >= 4 is 35.2 Å². The standard InChI is InChI=1S/C19H27N3O7S/c1-26-16(23)11-14(17(24)27-2)20-19(30)22-8-4-7-21(9-10-22)12-13-5-6-15(29-13)18(25)28-3/h5-6,14H,4,7-12H2,1-3H3,(H,20,30). The number of hydrogen-bond donors (Lipinski definition) is 1. The van der Waals surface area contributed by atoms with Gasteiger partial charge in [0.25, 0.3) is 0 Å². The van der Waals surface area contributed by atoms with Crippen LogP contribution in [0.4, 0.5) is 0 Å². The lowest BCUT2D eigenvalue weighted by molar-refractivity contribution is -0.149. The van der Waals surface area contributed by atoms with E-state index in [1.54, 1.807) is 12.1 Å². The molecule has 1 unspecified atom stereocenters. The molecule has 2 heterocycles. The maximum Gasteiger partial charge on any atom is 0.373 e. The third kappa shape index (κ3) is 6.70. The van der Waals surface area contributed by atoms with Gasteiger partial charge in [0.2, 0.25) is 5.76 Å². The van der Waals surface area contributed by atoms with Crippen LogP contribution in [0.15, 0.2) is 16.5 Å². The molecule has 0 saturated carbocycles. The van der Waals surface area contributed by atoms with Gasteiger partial charge in [0.05, 0.1) is 34.3 Å². The zero-order chi connectivity index (χ0) is 22.1. The van der Waals surface area contributed by atoms with Gasteiger partial charge in [-0.15, -0.1) is 0 Å². The van der Waals surface area contributed by atoms with Gasteiger partial charge in [-0.2, -0.15) is 0 Å². The number of carbonyl (C=O) groups excluding carboxylic acids is 3. The highest BCUT2D eigenvalue weighted by atomic mass is 32.1. The van der Waals surface area contributed by atoms with Crippen molar-refractivity contribution in [3.8, 4) is 0 Å². The second-order valence-electron chi connectivity index (χ2n) is 6.68. The Kier molecular flexibility index (Phi) is 9.06. The molecular formula is C19H27N3O7S. The summed E-state index contributed by atoms with van der Waals surface area (Å²) in [6.45, 7) is 3.40. The molecule has 1 fully saturated rings. The molecule has 1 N–H and O–H groups in total. The minimum atomic E-state index is -0.908. The first-order valence-corrected chi connectivity index (χ1v) is 9.88. The fourth-order valence-corrected chi connectivity index (χ4v) is 3.38. The van der Waals surface area contributed by atoms with Gasteiger partial charge < -0.3 is 28.8 Å². The molecular weight excluding hydrogens is 414 g/mol. The zero-order valence-electron chi connectivity index (χ0n) is 17.3. The second-order valence-corrected chi connectivity index (χ2v) is 7.07. The summed E-state index contributed by atoms with van der Waals surface area (Å²) in [7, 11) is 3.81. The summed E-state index contributed by atoms with van der Waals surface area (Å²) in [6.07, 6.45) is 0.663. The van der Waals surface area contributed by atoms with Crippen LogP contribution in [-0.4, -0.2) is 86.4 Å². The number of nitrogens with zero attached hydrogens (tertiary/aromatic N) is 2. The Labute approximate surface area is 180 Å². The predicted octanol–water partition coefficient (Wildman–Crippen LogP) is 0.553. The van der Waals surface area contributed by atoms with Gasteiger partial charge in [-0.05, 0) is 30.8 Å². The molecule has 1 aliphatic rings. The molecule has 1 atom stereocenters. The van der Waals surface area contributed by atoms with Crippen molar-refractivity contribution in [2.75, 3.05) is 47.5 Å². The average Bonchev–Trinajstić information content (AvgIpc) is 3.09. The molecule has 0 radical (unpaired) electrons. The van der Waals surface area contributed by atoms with E-state index in [0.29, 0.717) is 37.1 Å². The van der Waals surface area contributed by atoms with Gasteiger partial charge in [0.1, 0.15) is 11.8 Å². The topological polar surface area (TPSA) is 111 Å². The average molecular weight is 442 g/mol. The first-order valence-electron chi connectivity index (χ1n) is 9.47. The number of ether oxygens (including phenoxy) is 3. The van der Waals surface area contributed by atoms with Gasteiger partial charge >= 0.3 is 17.9 Å². The van der Waals surface area contributed by atoms with Crippen LogP contribution < -0.4 is 5.32 Å². The molecule has 0 aliphatic carbocycles. The van der Waals surface area contributed by atoms with E-state index in [-0.39, 0.29) is 12.2 Å². The summed E-state index contributed by atoms with van der Waals surface area (Å²) >= 11 is 5.45. The summed E-state index contributed by atoms with van der Waals surface area (Å²) in [5.41, 5.74) is 0. The number of methoxy groups -OCH3 is 3. The van der Waals surface area contributed by atoms with Gasteiger partial charge in [0, 0.05) is 26.2 Å². The Morgan fingerprint density at radius 2 is 1.87 bits per heavy atom. The SMILES string of the molecule is COC(=O)CC(NC(=S)N1CCCN(Cc2ccc(C(=O)OC)o2)CC1)C(=O)OC. The van der Waals surface area contributed by atoms with E-state index in [0.717, 1.165) is 13.0 Å². The smallest absolute Gasteiger partial charge is 0.373 e. The number of nitrogens with one attached hydrogen (secondary N) is 1. The highest BCUT2D eigenvalue weighted by molar-refractivity contribution is 7.80. The molecule has 0 bridgehead atoms. The quantitative estimate of drug-likeness (QED) is 0.364. The lowest BCUT2D eigenvalue weighted by Gasteiger charge is -2.27. The molecule has 2 rings (SSSR count). The molecule has 0 amide bonds. The zero-order valence-corrected chi connectivity index (χ0v) is 18.2. The summed E-state index contributed by atoms with van der Waals surface area (Å²) in [5.74, 6) is -0.778. The normalized spacial score (nSPS) is 15.6. The fraction of sp³-hybridized carbons (Fsp3) is 0.579. The van der Waals surface area contributed by atoms with Crippen molar-refractivity contribution in [1.82, 2.24) is 15.1 Å². The number of furan rings is 1. The minimum absolute atomic E-state index is 0.175. The van der Waals surface area contributed by atoms with Crippen LogP contribution in [0, 0.1) is 0 Å². The largest absolute Gasteiger partial charge is 0.469 e. The lowest BCUT2D eigenvalue weighted by Crippen LogP contribution is -2.49. The highest BCUT2D eigenvalue weighted by Gasteiger charge is 2.26. The van der Waals surface area contributed by atoms with Crippen LogP contribution in [0.5, 0.6) is 0 Å². The molecule has 1 aromatic rings. The van der Waals surface area contributed by atoms with Crippen LogP contribution in [0.2, 0.25) is 0 Å². The Hall–Kier alpha value is -2.66. The van der Waals surface area contributed by atoms with Crippen molar-refractivity contribution < 1.29 is 33.0 Å². The Morgan fingerprint density at radius 3 is 2.53 bits per heavy atom. The van der Waals surface area contributed by atoms with E-state index in [1.807, 2.05) is 4.90 Å². The number of rotatable bonds is 7. The maximum atomic E-state index is 12.0. The van der Waals surface area contributed by atoms with Crippen LogP contribution in [0.3, 0.4) is 0 Å². The summed E-state index contributed by atoms with van der Waals surface area (Å²) in [6, 6.07) is 2.45. The van der Waals surface area contributed by atoms with E-state index in [9.17, 15) is 14.4 Å². The first kappa shape index (κ1) is 23.6. The second kappa shape index (κ2) is 11.5.